The molecule has 0 radical (unpaired) electrons. The van der Waals surface area contributed by atoms with Crippen LogP contribution in [0, 0.1) is 12.7 Å². The van der Waals surface area contributed by atoms with Gasteiger partial charge in [-0.3, -0.25) is 0 Å². The number of rotatable bonds is 7. The van der Waals surface area contributed by atoms with Gasteiger partial charge in [0.25, 0.3) is 0 Å². The molecule has 0 spiro atoms. The summed E-state index contributed by atoms with van der Waals surface area (Å²) in [6.45, 7) is 5.38. The van der Waals surface area contributed by atoms with Crippen molar-refractivity contribution in [3.05, 3.63) is 72.1 Å². The van der Waals surface area contributed by atoms with Gasteiger partial charge in [-0.25, -0.2) is 24.2 Å². The molecule has 0 unspecified atom stereocenters. The summed E-state index contributed by atoms with van der Waals surface area (Å²) < 4.78 is 54.1. The van der Waals surface area contributed by atoms with Crippen molar-refractivity contribution in [2.75, 3.05) is 54.6 Å². The molecule has 1 aliphatic rings. The monoisotopic (exact) mass is 585 g/mol. The summed E-state index contributed by atoms with van der Waals surface area (Å²) in [6, 6.07) is 8.13. The van der Waals surface area contributed by atoms with Gasteiger partial charge in [-0.05, 0) is 49.9 Å². The molecule has 1 fully saturated rings. The highest BCUT2D eigenvalue weighted by molar-refractivity contribution is 6.00. The van der Waals surface area contributed by atoms with Crippen LogP contribution in [0.15, 0.2) is 55.1 Å². The number of benzene rings is 2. The summed E-state index contributed by atoms with van der Waals surface area (Å²) in [4.78, 5) is 27.7. The number of alkyl halides is 3. The first-order valence-electron chi connectivity index (χ1n) is 12.8. The van der Waals surface area contributed by atoms with E-state index in [0.717, 1.165) is 37.8 Å². The number of nitrogens with zero attached hydrogens (tertiary/aromatic N) is 7. The van der Waals surface area contributed by atoms with Crippen LogP contribution in [0.4, 0.5) is 51.2 Å². The second kappa shape index (κ2) is 12.0. The Hall–Kier alpha value is -4.83. The van der Waals surface area contributed by atoms with Crippen LogP contribution < -0.4 is 21.4 Å². The van der Waals surface area contributed by atoms with Crippen molar-refractivity contribution in [3.8, 4) is 5.82 Å². The molecule has 5 rings (SSSR count). The Morgan fingerprint density at radius 3 is 2.36 bits per heavy atom. The van der Waals surface area contributed by atoms with E-state index in [1.807, 2.05) is 6.92 Å². The van der Waals surface area contributed by atoms with Gasteiger partial charge in [-0.1, -0.05) is 6.07 Å². The normalized spacial score (nSPS) is 14.4. The van der Waals surface area contributed by atoms with Crippen LogP contribution in [0.1, 0.15) is 11.1 Å². The van der Waals surface area contributed by atoms with Gasteiger partial charge in [0.15, 0.2) is 5.82 Å². The minimum absolute atomic E-state index is 0.217. The maximum Gasteiger partial charge on any atom is 0.419 e. The van der Waals surface area contributed by atoms with Gasteiger partial charge >= 0.3 is 12.2 Å². The van der Waals surface area contributed by atoms with Crippen molar-refractivity contribution < 1.29 is 22.4 Å². The number of hydrogen-bond donors (Lipinski definition) is 4. The summed E-state index contributed by atoms with van der Waals surface area (Å²) >= 11 is 0. The first-order chi connectivity index (χ1) is 20.0. The number of carbonyl (C=O) groups is 1. The fraction of sp³-hybridized carbons (Fsp3) is 0.269. The predicted molar refractivity (Wildman–Crippen MR) is 148 cm³/mol. The SMILES string of the molecule is Cc1ccc(NC(=O)Nc2ccc(F)c(C(F)(F)F)c2)cc1Nc1ncnn1-c1cc(NN2CCN(C)CC2)ncn1. The summed E-state index contributed by atoms with van der Waals surface area (Å²) in [5.74, 6) is -0.0247. The van der Waals surface area contributed by atoms with Gasteiger partial charge in [0.1, 0.15) is 24.3 Å². The Morgan fingerprint density at radius 2 is 1.62 bits per heavy atom. The number of aryl methyl sites for hydroxylation is 1. The Morgan fingerprint density at radius 1 is 0.905 bits per heavy atom. The van der Waals surface area contributed by atoms with E-state index in [9.17, 15) is 22.4 Å². The molecule has 4 aromatic rings. The molecule has 0 saturated carbocycles. The molecule has 2 aromatic heterocycles. The zero-order chi connectivity index (χ0) is 29.9. The van der Waals surface area contributed by atoms with Crippen LogP contribution in [-0.2, 0) is 6.18 Å². The van der Waals surface area contributed by atoms with Gasteiger partial charge in [-0.15, -0.1) is 0 Å². The number of aromatic nitrogens is 5. The molecule has 3 heterocycles. The van der Waals surface area contributed by atoms with Crippen molar-refractivity contribution >= 4 is 34.9 Å². The van der Waals surface area contributed by atoms with Crippen LogP contribution in [0.5, 0.6) is 0 Å². The molecule has 220 valence electrons. The van der Waals surface area contributed by atoms with E-state index < -0.39 is 23.6 Å². The van der Waals surface area contributed by atoms with Crippen LogP contribution in [0.3, 0.4) is 0 Å². The van der Waals surface area contributed by atoms with Crippen LogP contribution in [0.2, 0.25) is 0 Å². The topological polar surface area (TPSA) is 128 Å². The van der Waals surface area contributed by atoms with Crippen molar-refractivity contribution in [2.45, 2.75) is 13.1 Å². The molecule has 12 nitrogen and oxygen atoms in total. The number of anilines is 5. The number of likely N-dealkylation sites (N-methyl/N-ethyl adjacent to an activating group) is 1. The average molecular weight is 586 g/mol. The van der Waals surface area contributed by atoms with Crippen molar-refractivity contribution in [1.82, 2.24) is 34.6 Å². The number of urea groups is 1. The Labute approximate surface area is 237 Å². The third-order valence-corrected chi connectivity index (χ3v) is 6.46. The molecule has 0 aliphatic carbocycles. The number of carbonyl (C=O) groups excluding carboxylic acids is 1. The zero-order valence-electron chi connectivity index (χ0n) is 22.6. The fourth-order valence-corrected chi connectivity index (χ4v) is 4.17. The maximum atomic E-state index is 13.6. The summed E-state index contributed by atoms with van der Waals surface area (Å²) in [5, 5.41) is 14.4. The highest BCUT2D eigenvalue weighted by atomic mass is 19.4. The molecule has 1 aliphatic heterocycles. The predicted octanol–water partition coefficient (Wildman–Crippen LogP) is 4.49. The van der Waals surface area contributed by atoms with Crippen molar-refractivity contribution in [1.29, 1.82) is 0 Å². The Balaban J connectivity index is 1.28. The molecule has 0 bridgehead atoms. The van der Waals surface area contributed by atoms with Crippen molar-refractivity contribution in [2.24, 2.45) is 0 Å². The molecule has 16 heteroatoms. The third-order valence-electron chi connectivity index (χ3n) is 6.46. The fourth-order valence-electron chi connectivity index (χ4n) is 4.17. The van der Waals surface area contributed by atoms with E-state index in [0.29, 0.717) is 41.1 Å². The number of amides is 2. The minimum Gasteiger partial charge on any atom is -0.324 e. The van der Waals surface area contributed by atoms with Gasteiger partial charge < -0.3 is 26.3 Å². The average Bonchev–Trinajstić information content (AvgIpc) is 3.41. The van der Waals surface area contributed by atoms with E-state index in [1.165, 1.54) is 17.3 Å². The van der Waals surface area contributed by atoms with E-state index in [4.69, 9.17) is 0 Å². The molecule has 1 saturated heterocycles. The van der Waals surface area contributed by atoms with Gasteiger partial charge in [0.05, 0.1) is 5.56 Å². The first-order valence-corrected chi connectivity index (χ1v) is 12.8. The standard InChI is InChI=1S/C26H27F4N11O/c1-16-3-4-18(36-25(42)35-17-5-6-20(27)19(11-17)26(28,29)30)12-21(16)37-24-33-15-34-41(24)23-13-22(31-14-32-23)38-40-9-7-39(2)8-10-40/h3-6,11-15H,7-10H2,1-2H3,(H,31,32,38)(H,33,34,37)(H2,35,36,42). The second-order valence-corrected chi connectivity index (χ2v) is 9.59. The highest BCUT2D eigenvalue weighted by Gasteiger charge is 2.34. The minimum atomic E-state index is -4.90. The Kier molecular flexibility index (Phi) is 8.17. The lowest BCUT2D eigenvalue weighted by Gasteiger charge is -2.32. The number of hydrazine groups is 1. The largest absolute Gasteiger partial charge is 0.419 e. The Bertz CT molecular complexity index is 1570. The van der Waals surface area contributed by atoms with Gasteiger partial charge in [0, 0.05) is 49.3 Å². The number of halogens is 4. The van der Waals surface area contributed by atoms with Gasteiger partial charge in [-0.2, -0.15) is 27.9 Å². The summed E-state index contributed by atoms with van der Waals surface area (Å²) in [7, 11) is 2.08. The quantitative estimate of drug-likeness (QED) is 0.232. The van der Waals surface area contributed by atoms with Crippen LogP contribution >= 0.6 is 0 Å². The number of nitrogens with one attached hydrogen (secondary N) is 4. The molecule has 42 heavy (non-hydrogen) atoms. The van der Waals surface area contributed by atoms with E-state index >= 15 is 0 Å². The smallest absolute Gasteiger partial charge is 0.324 e. The van der Waals surface area contributed by atoms with Crippen LogP contribution in [0.25, 0.3) is 5.82 Å². The van der Waals surface area contributed by atoms with Crippen LogP contribution in [-0.4, -0.2) is 73.9 Å². The van der Waals surface area contributed by atoms with E-state index in [2.05, 4.69) is 58.4 Å². The molecule has 2 aromatic carbocycles. The van der Waals surface area contributed by atoms with Crippen molar-refractivity contribution in [3.63, 3.8) is 0 Å². The lowest BCUT2D eigenvalue weighted by Crippen LogP contribution is -2.47. The lowest BCUT2D eigenvalue weighted by atomic mass is 10.1. The lowest BCUT2D eigenvalue weighted by molar-refractivity contribution is -0.139. The summed E-state index contributed by atoms with van der Waals surface area (Å²) in [6.07, 6.45) is -2.11. The van der Waals surface area contributed by atoms with E-state index in [-0.39, 0.29) is 5.69 Å². The molecular weight excluding hydrogens is 558 g/mol. The third kappa shape index (κ3) is 6.90. The number of hydrogen-bond acceptors (Lipinski definition) is 9. The molecular formula is C26H27F4N11O. The van der Waals surface area contributed by atoms with E-state index in [1.54, 1.807) is 24.3 Å². The zero-order valence-corrected chi connectivity index (χ0v) is 22.6. The second-order valence-electron chi connectivity index (χ2n) is 9.59. The highest BCUT2D eigenvalue weighted by Crippen LogP contribution is 2.33. The maximum absolute atomic E-state index is 13.6. The molecule has 2 amide bonds. The number of piperazine rings is 1. The van der Waals surface area contributed by atoms with Gasteiger partial charge in [0.2, 0.25) is 5.95 Å². The molecule has 4 N–H and O–H groups in total. The molecule has 0 atom stereocenters. The first kappa shape index (κ1) is 28.7. The summed E-state index contributed by atoms with van der Waals surface area (Å²) in [5.41, 5.74) is 3.32.